The van der Waals surface area contributed by atoms with Crippen molar-refractivity contribution in [3.63, 3.8) is 0 Å². The highest BCUT2D eigenvalue weighted by atomic mass is 79.9. The fourth-order valence-corrected chi connectivity index (χ4v) is 3.52. The molecule has 106 valence electrons. The minimum Gasteiger partial charge on any atom is -0.356 e. The Hall–Kier alpha value is -1.36. The van der Waals surface area contributed by atoms with Gasteiger partial charge >= 0.3 is 0 Å². The van der Waals surface area contributed by atoms with E-state index in [0.717, 1.165) is 17.5 Å². The zero-order chi connectivity index (χ0) is 13.9. The normalized spacial score (nSPS) is 22.2. The molecule has 3 rings (SSSR count). The van der Waals surface area contributed by atoms with E-state index in [2.05, 4.69) is 26.4 Å². The molecule has 0 radical (unpaired) electrons. The van der Waals surface area contributed by atoms with Gasteiger partial charge in [0.05, 0.1) is 6.42 Å². The van der Waals surface area contributed by atoms with E-state index in [1.54, 1.807) is 0 Å². The fourth-order valence-electron chi connectivity index (χ4n) is 2.75. The Kier molecular flexibility index (Phi) is 4.05. The molecular formula is C15H17BrN2O2. The van der Waals surface area contributed by atoms with Gasteiger partial charge in [0.25, 0.3) is 0 Å². The summed E-state index contributed by atoms with van der Waals surface area (Å²) in [4.78, 5) is 12.5. The number of nitrogens with zero attached hydrogens (tertiary/aromatic N) is 1. The first-order valence-electron chi connectivity index (χ1n) is 6.98. The van der Waals surface area contributed by atoms with Crippen molar-refractivity contribution in [3.05, 3.63) is 30.0 Å². The Morgan fingerprint density at radius 3 is 3.05 bits per heavy atom. The number of carbonyl (C=O) groups excluding carboxylic acids is 1. The molecule has 1 amide bonds. The van der Waals surface area contributed by atoms with Gasteiger partial charge in [-0.25, -0.2) is 0 Å². The lowest BCUT2D eigenvalue weighted by Gasteiger charge is -2.14. The van der Waals surface area contributed by atoms with Gasteiger partial charge in [-0.1, -0.05) is 39.6 Å². The SMILES string of the molecule is O=C(Cc1noc2ccccc12)NCC1CCCC1Br. The number of hydrogen-bond donors (Lipinski definition) is 1. The number of alkyl halides is 1. The first kappa shape index (κ1) is 13.6. The van der Waals surface area contributed by atoms with Crippen LogP contribution < -0.4 is 5.32 Å². The topological polar surface area (TPSA) is 55.1 Å². The van der Waals surface area contributed by atoms with Gasteiger partial charge < -0.3 is 9.84 Å². The summed E-state index contributed by atoms with van der Waals surface area (Å²) in [5.74, 6) is 0.559. The zero-order valence-corrected chi connectivity index (χ0v) is 12.7. The Bertz CT molecular complexity index is 611. The predicted octanol–water partition coefficient (Wildman–Crippen LogP) is 3.05. The average Bonchev–Trinajstić information content (AvgIpc) is 3.04. The number of amides is 1. The van der Waals surface area contributed by atoms with E-state index in [-0.39, 0.29) is 12.3 Å². The predicted molar refractivity (Wildman–Crippen MR) is 80.8 cm³/mol. The minimum absolute atomic E-state index is 0.00986. The summed E-state index contributed by atoms with van der Waals surface area (Å²) >= 11 is 3.67. The molecule has 0 bridgehead atoms. The van der Waals surface area contributed by atoms with Crippen molar-refractivity contribution >= 4 is 32.8 Å². The summed E-state index contributed by atoms with van der Waals surface area (Å²) in [5, 5.41) is 7.91. The monoisotopic (exact) mass is 336 g/mol. The molecule has 5 heteroatoms. The number of fused-ring (bicyclic) bond motifs is 1. The van der Waals surface area contributed by atoms with Crippen molar-refractivity contribution < 1.29 is 9.32 Å². The van der Waals surface area contributed by atoms with Gasteiger partial charge in [0.1, 0.15) is 5.69 Å². The van der Waals surface area contributed by atoms with E-state index in [1.807, 2.05) is 24.3 Å². The van der Waals surface area contributed by atoms with Gasteiger partial charge in [0.15, 0.2) is 5.58 Å². The van der Waals surface area contributed by atoms with E-state index < -0.39 is 0 Å². The number of benzene rings is 1. The lowest BCUT2D eigenvalue weighted by Crippen LogP contribution is -2.32. The molecule has 0 spiro atoms. The lowest BCUT2D eigenvalue weighted by atomic mass is 10.1. The highest BCUT2D eigenvalue weighted by Crippen LogP contribution is 2.30. The van der Waals surface area contributed by atoms with Gasteiger partial charge in [0, 0.05) is 16.8 Å². The van der Waals surface area contributed by atoms with Crippen LogP contribution >= 0.6 is 15.9 Å². The maximum Gasteiger partial charge on any atom is 0.226 e. The highest BCUT2D eigenvalue weighted by molar-refractivity contribution is 9.09. The van der Waals surface area contributed by atoms with Crippen molar-refractivity contribution in [2.75, 3.05) is 6.54 Å². The number of nitrogens with one attached hydrogen (secondary N) is 1. The molecule has 1 heterocycles. The van der Waals surface area contributed by atoms with Crippen LogP contribution in [0.4, 0.5) is 0 Å². The summed E-state index contributed by atoms with van der Waals surface area (Å²) in [6.07, 6.45) is 3.90. The summed E-state index contributed by atoms with van der Waals surface area (Å²) < 4.78 is 5.21. The van der Waals surface area contributed by atoms with Gasteiger partial charge in [-0.15, -0.1) is 0 Å². The number of para-hydroxylation sites is 1. The van der Waals surface area contributed by atoms with Crippen molar-refractivity contribution in [1.82, 2.24) is 10.5 Å². The third-order valence-corrected chi connectivity index (χ3v) is 5.11. The lowest BCUT2D eigenvalue weighted by molar-refractivity contribution is -0.120. The van der Waals surface area contributed by atoms with Crippen LogP contribution in [0.25, 0.3) is 11.0 Å². The summed E-state index contributed by atoms with van der Waals surface area (Å²) in [7, 11) is 0. The highest BCUT2D eigenvalue weighted by Gasteiger charge is 2.25. The van der Waals surface area contributed by atoms with Crippen LogP contribution in [-0.2, 0) is 11.2 Å². The van der Waals surface area contributed by atoms with Crippen molar-refractivity contribution in [1.29, 1.82) is 0 Å². The molecule has 2 atom stereocenters. The maximum absolute atomic E-state index is 12.0. The maximum atomic E-state index is 12.0. The quantitative estimate of drug-likeness (QED) is 0.873. The van der Waals surface area contributed by atoms with Crippen molar-refractivity contribution in [2.24, 2.45) is 5.92 Å². The van der Waals surface area contributed by atoms with E-state index in [1.165, 1.54) is 19.3 Å². The van der Waals surface area contributed by atoms with E-state index >= 15 is 0 Å². The van der Waals surface area contributed by atoms with E-state index in [0.29, 0.717) is 16.4 Å². The number of aromatic nitrogens is 1. The minimum atomic E-state index is 0.00986. The van der Waals surface area contributed by atoms with E-state index in [9.17, 15) is 4.79 Å². The second kappa shape index (κ2) is 5.95. The van der Waals surface area contributed by atoms with Gasteiger partial charge in [0.2, 0.25) is 5.91 Å². The first-order valence-corrected chi connectivity index (χ1v) is 7.89. The molecule has 2 unspecified atom stereocenters. The first-order chi connectivity index (χ1) is 9.74. The second-order valence-corrected chi connectivity index (χ2v) is 6.49. The third kappa shape index (κ3) is 2.87. The van der Waals surface area contributed by atoms with Crippen LogP contribution in [0.5, 0.6) is 0 Å². The molecular weight excluding hydrogens is 320 g/mol. The Morgan fingerprint density at radius 2 is 2.25 bits per heavy atom. The van der Waals surface area contributed by atoms with Crippen LogP contribution in [0.1, 0.15) is 25.0 Å². The molecule has 0 aliphatic heterocycles. The molecule has 20 heavy (non-hydrogen) atoms. The van der Waals surface area contributed by atoms with Gasteiger partial charge in [-0.05, 0) is 30.9 Å². The number of carbonyl (C=O) groups is 1. The molecule has 4 nitrogen and oxygen atoms in total. The molecule has 2 aromatic rings. The smallest absolute Gasteiger partial charge is 0.226 e. The molecule has 1 N–H and O–H groups in total. The molecule has 1 aromatic carbocycles. The molecule has 1 saturated carbocycles. The van der Waals surface area contributed by atoms with Crippen LogP contribution in [0.2, 0.25) is 0 Å². The average molecular weight is 337 g/mol. The largest absolute Gasteiger partial charge is 0.356 e. The Morgan fingerprint density at radius 1 is 1.40 bits per heavy atom. The standard InChI is InChI=1S/C15H17BrN2O2/c16-12-6-3-4-10(12)9-17-15(19)8-13-11-5-1-2-7-14(11)20-18-13/h1-2,5,7,10,12H,3-4,6,8-9H2,(H,17,19). The fraction of sp³-hybridized carbons (Fsp3) is 0.467. The number of halogens is 1. The van der Waals surface area contributed by atoms with Crippen LogP contribution in [0.15, 0.2) is 28.8 Å². The molecule has 1 aromatic heterocycles. The summed E-state index contributed by atoms with van der Waals surface area (Å²) in [6.45, 7) is 0.741. The van der Waals surface area contributed by atoms with E-state index in [4.69, 9.17) is 4.52 Å². The van der Waals surface area contributed by atoms with Crippen LogP contribution in [0.3, 0.4) is 0 Å². The summed E-state index contributed by atoms with van der Waals surface area (Å²) in [6, 6.07) is 7.61. The molecule has 1 aliphatic carbocycles. The molecule has 1 fully saturated rings. The number of rotatable bonds is 4. The Balaban J connectivity index is 1.58. The zero-order valence-electron chi connectivity index (χ0n) is 11.1. The van der Waals surface area contributed by atoms with Crippen molar-refractivity contribution in [2.45, 2.75) is 30.5 Å². The third-order valence-electron chi connectivity index (χ3n) is 3.91. The van der Waals surface area contributed by atoms with Gasteiger partial charge in [-0.3, -0.25) is 4.79 Å². The molecule has 0 saturated heterocycles. The summed E-state index contributed by atoms with van der Waals surface area (Å²) in [5.41, 5.74) is 1.44. The van der Waals surface area contributed by atoms with Crippen LogP contribution in [0, 0.1) is 5.92 Å². The number of hydrogen-bond acceptors (Lipinski definition) is 3. The molecule has 1 aliphatic rings. The van der Waals surface area contributed by atoms with Gasteiger partial charge in [-0.2, -0.15) is 0 Å². The van der Waals surface area contributed by atoms with Crippen LogP contribution in [-0.4, -0.2) is 22.4 Å². The van der Waals surface area contributed by atoms with Crippen molar-refractivity contribution in [3.8, 4) is 0 Å². The second-order valence-electron chi connectivity index (χ2n) is 5.31. The Labute approximate surface area is 126 Å².